The van der Waals surface area contributed by atoms with Crippen LogP contribution in [0.15, 0.2) is 18.2 Å². The highest BCUT2D eigenvalue weighted by molar-refractivity contribution is 5.35. The molecule has 0 saturated heterocycles. The molecule has 0 fully saturated rings. The van der Waals surface area contributed by atoms with Gasteiger partial charge in [-0.1, -0.05) is 12.1 Å². The molecule has 0 aliphatic rings. The molecule has 1 rings (SSSR count). The van der Waals surface area contributed by atoms with Crippen molar-refractivity contribution in [3.8, 4) is 5.75 Å². The molecule has 1 aromatic carbocycles. The van der Waals surface area contributed by atoms with E-state index < -0.39 is 0 Å². The fourth-order valence-corrected chi connectivity index (χ4v) is 1.46. The predicted molar refractivity (Wildman–Crippen MR) is 70.5 cm³/mol. The summed E-state index contributed by atoms with van der Waals surface area (Å²) < 4.78 is 11.2. The van der Waals surface area contributed by atoms with Gasteiger partial charge in [0.1, 0.15) is 5.75 Å². The zero-order valence-corrected chi connectivity index (χ0v) is 11.0. The Morgan fingerprint density at radius 3 is 2.71 bits per heavy atom. The van der Waals surface area contributed by atoms with E-state index in [-0.39, 0.29) is 6.10 Å². The van der Waals surface area contributed by atoms with Crippen molar-refractivity contribution in [1.82, 2.24) is 0 Å². The first-order valence-electron chi connectivity index (χ1n) is 6.15. The number of rotatable bonds is 7. The van der Waals surface area contributed by atoms with Gasteiger partial charge in [-0.25, -0.2) is 0 Å². The van der Waals surface area contributed by atoms with Crippen LogP contribution in [0.25, 0.3) is 0 Å². The van der Waals surface area contributed by atoms with E-state index in [1.807, 2.05) is 6.92 Å². The highest BCUT2D eigenvalue weighted by Crippen LogP contribution is 2.19. The summed E-state index contributed by atoms with van der Waals surface area (Å²) in [6, 6.07) is 6.24. The van der Waals surface area contributed by atoms with Gasteiger partial charge in [0.05, 0.1) is 19.3 Å². The van der Waals surface area contributed by atoms with Gasteiger partial charge in [0.25, 0.3) is 0 Å². The fraction of sp³-hybridized carbons (Fsp3) is 0.571. The lowest BCUT2D eigenvalue weighted by atomic mass is 10.1. The molecule has 0 bridgehead atoms. The zero-order chi connectivity index (χ0) is 12.7. The van der Waals surface area contributed by atoms with Gasteiger partial charge in [0.2, 0.25) is 0 Å². The number of hydrogen-bond donors (Lipinski definition) is 1. The van der Waals surface area contributed by atoms with Crippen molar-refractivity contribution in [2.24, 2.45) is 5.73 Å². The molecule has 0 spiro atoms. The minimum atomic E-state index is 0.135. The Bertz CT molecular complexity index is 339. The van der Waals surface area contributed by atoms with E-state index in [9.17, 15) is 0 Å². The second-order valence-electron chi connectivity index (χ2n) is 4.39. The van der Waals surface area contributed by atoms with Crippen LogP contribution in [0, 0.1) is 13.8 Å². The lowest BCUT2D eigenvalue weighted by Gasteiger charge is -2.12. The van der Waals surface area contributed by atoms with Gasteiger partial charge in [0.15, 0.2) is 0 Å². The summed E-state index contributed by atoms with van der Waals surface area (Å²) in [4.78, 5) is 0. The van der Waals surface area contributed by atoms with Crippen LogP contribution in [-0.4, -0.2) is 25.9 Å². The number of hydrogen-bond acceptors (Lipinski definition) is 3. The Balaban J connectivity index is 2.24. The monoisotopic (exact) mass is 237 g/mol. The van der Waals surface area contributed by atoms with Crippen molar-refractivity contribution >= 4 is 0 Å². The van der Waals surface area contributed by atoms with Crippen LogP contribution in [0.1, 0.15) is 24.5 Å². The van der Waals surface area contributed by atoms with Crippen LogP contribution in [0.5, 0.6) is 5.75 Å². The fourth-order valence-electron chi connectivity index (χ4n) is 1.46. The molecule has 3 heteroatoms. The third-order valence-electron chi connectivity index (χ3n) is 2.62. The van der Waals surface area contributed by atoms with Gasteiger partial charge >= 0.3 is 0 Å². The number of benzene rings is 1. The van der Waals surface area contributed by atoms with E-state index in [0.29, 0.717) is 19.8 Å². The highest BCUT2D eigenvalue weighted by Gasteiger charge is 2.01. The van der Waals surface area contributed by atoms with Crippen molar-refractivity contribution in [1.29, 1.82) is 0 Å². The Morgan fingerprint density at radius 1 is 1.24 bits per heavy atom. The van der Waals surface area contributed by atoms with E-state index >= 15 is 0 Å². The van der Waals surface area contributed by atoms with Crippen LogP contribution >= 0.6 is 0 Å². The second-order valence-corrected chi connectivity index (χ2v) is 4.39. The summed E-state index contributed by atoms with van der Waals surface area (Å²) >= 11 is 0. The summed E-state index contributed by atoms with van der Waals surface area (Å²) in [6.45, 7) is 8.05. The van der Waals surface area contributed by atoms with Gasteiger partial charge in [-0.05, 0) is 38.0 Å². The number of aryl methyl sites for hydroxylation is 2. The predicted octanol–water partition coefficient (Wildman–Crippen LogP) is 2.44. The van der Waals surface area contributed by atoms with Crippen LogP contribution in [-0.2, 0) is 4.74 Å². The normalized spacial score (nSPS) is 12.5. The standard InChI is InChI=1S/C14H23NO2/c1-11-5-6-12(2)14(9-11)17-8-4-7-16-13(3)10-15/h5-6,9,13H,4,7-8,10,15H2,1-3H3. The average Bonchev–Trinajstić information content (AvgIpc) is 2.32. The zero-order valence-electron chi connectivity index (χ0n) is 11.0. The maximum absolute atomic E-state index is 5.72. The van der Waals surface area contributed by atoms with Crippen LogP contribution in [0.4, 0.5) is 0 Å². The molecule has 0 saturated carbocycles. The first-order chi connectivity index (χ1) is 8.13. The largest absolute Gasteiger partial charge is 0.493 e. The molecular formula is C14H23NO2. The number of nitrogens with two attached hydrogens (primary N) is 1. The third kappa shape index (κ3) is 5.20. The minimum absolute atomic E-state index is 0.135. The topological polar surface area (TPSA) is 44.5 Å². The quantitative estimate of drug-likeness (QED) is 0.741. The Morgan fingerprint density at radius 2 is 2.00 bits per heavy atom. The second kappa shape index (κ2) is 7.30. The molecule has 17 heavy (non-hydrogen) atoms. The first kappa shape index (κ1) is 14.0. The molecule has 0 aromatic heterocycles. The molecule has 0 radical (unpaired) electrons. The van der Waals surface area contributed by atoms with E-state index in [1.165, 1.54) is 11.1 Å². The maximum atomic E-state index is 5.72. The SMILES string of the molecule is Cc1ccc(C)c(OCCCOC(C)CN)c1. The van der Waals surface area contributed by atoms with Crippen molar-refractivity contribution in [3.63, 3.8) is 0 Å². The molecule has 1 atom stereocenters. The van der Waals surface area contributed by atoms with Gasteiger partial charge in [-0.2, -0.15) is 0 Å². The smallest absolute Gasteiger partial charge is 0.122 e. The summed E-state index contributed by atoms with van der Waals surface area (Å²) in [5, 5.41) is 0. The molecule has 0 aliphatic carbocycles. The van der Waals surface area contributed by atoms with Crippen molar-refractivity contribution in [2.45, 2.75) is 33.3 Å². The molecule has 0 heterocycles. The van der Waals surface area contributed by atoms with Gasteiger partial charge in [-0.3, -0.25) is 0 Å². The molecule has 1 aromatic rings. The van der Waals surface area contributed by atoms with Crippen molar-refractivity contribution in [3.05, 3.63) is 29.3 Å². The van der Waals surface area contributed by atoms with Crippen LogP contribution in [0.3, 0.4) is 0 Å². The average molecular weight is 237 g/mol. The van der Waals surface area contributed by atoms with Crippen LogP contribution in [0.2, 0.25) is 0 Å². The summed E-state index contributed by atoms with van der Waals surface area (Å²) in [6.07, 6.45) is 1.02. The Labute approximate surface area is 104 Å². The Hall–Kier alpha value is -1.06. The van der Waals surface area contributed by atoms with Crippen molar-refractivity contribution in [2.75, 3.05) is 19.8 Å². The first-order valence-corrected chi connectivity index (χ1v) is 6.15. The molecular weight excluding hydrogens is 214 g/mol. The van der Waals surface area contributed by atoms with E-state index in [0.717, 1.165) is 12.2 Å². The van der Waals surface area contributed by atoms with E-state index in [4.69, 9.17) is 15.2 Å². The van der Waals surface area contributed by atoms with Crippen LogP contribution < -0.4 is 10.5 Å². The maximum Gasteiger partial charge on any atom is 0.122 e. The number of ether oxygens (including phenoxy) is 2. The third-order valence-corrected chi connectivity index (χ3v) is 2.62. The van der Waals surface area contributed by atoms with Gasteiger partial charge < -0.3 is 15.2 Å². The van der Waals surface area contributed by atoms with Gasteiger partial charge in [0, 0.05) is 13.0 Å². The van der Waals surface area contributed by atoms with Crippen molar-refractivity contribution < 1.29 is 9.47 Å². The lowest BCUT2D eigenvalue weighted by molar-refractivity contribution is 0.0630. The summed E-state index contributed by atoms with van der Waals surface area (Å²) in [5.41, 5.74) is 7.85. The minimum Gasteiger partial charge on any atom is -0.493 e. The summed E-state index contributed by atoms with van der Waals surface area (Å²) in [5.74, 6) is 0.969. The van der Waals surface area contributed by atoms with E-state index in [2.05, 4.69) is 32.0 Å². The molecule has 2 N–H and O–H groups in total. The summed E-state index contributed by atoms with van der Waals surface area (Å²) in [7, 11) is 0. The molecule has 96 valence electrons. The molecule has 3 nitrogen and oxygen atoms in total. The molecule has 1 unspecified atom stereocenters. The van der Waals surface area contributed by atoms with Gasteiger partial charge in [-0.15, -0.1) is 0 Å². The molecule has 0 aliphatic heterocycles. The van der Waals surface area contributed by atoms with E-state index in [1.54, 1.807) is 0 Å². The lowest BCUT2D eigenvalue weighted by Crippen LogP contribution is -2.21. The highest BCUT2D eigenvalue weighted by atomic mass is 16.5. The molecule has 0 amide bonds. The Kier molecular flexibility index (Phi) is 6.01.